The summed E-state index contributed by atoms with van der Waals surface area (Å²) in [5, 5.41) is 50.0. The second-order valence-electron chi connectivity index (χ2n) is 14.8. The topological polar surface area (TPSA) is 210 Å². The first-order chi connectivity index (χ1) is 25.9. The predicted molar refractivity (Wildman–Crippen MR) is 207 cm³/mol. The van der Waals surface area contributed by atoms with Gasteiger partial charge in [-0.25, -0.2) is 4.57 Å². The van der Waals surface area contributed by atoms with Gasteiger partial charge in [0.25, 0.3) is 0 Å². The van der Waals surface area contributed by atoms with Crippen LogP contribution in [0.5, 0.6) is 0 Å². The summed E-state index contributed by atoms with van der Waals surface area (Å²) in [5.74, 6) is -1.11. The van der Waals surface area contributed by atoms with E-state index in [4.69, 9.17) is 18.5 Å². The molecule has 6 unspecified atom stereocenters. The normalized spacial score (nSPS) is 23.3. The predicted octanol–water partition coefficient (Wildman–Crippen LogP) is 7.11. The minimum Gasteiger partial charge on any atom is -0.462 e. The number of hydrogen-bond acceptors (Lipinski definition) is 12. The first kappa shape index (κ1) is 50.6. The van der Waals surface area contributed by atoms with E-state index < -0.39 is 75.7 Å². The van der Waals surface area contributed by atoms with Crippen molar-refractivity contribution in [3.63, 3.8) is 0 Å². The molecule has 0 aromatic carbocycles. The van der Waals surface area contributed by atoms with Gasteiger partial charge >= 0.3 is 19.8 Å². The van der Waals surface area contributed by atoms with Crippen LogP contribution in [0.2, 0.25) is 0 Å². The second kappa shape index (κ2) is 31.6. The molecule has 1 fully saturated rings. The number of rotatable bonds is 34. The van der Waals surface area contributed by atoms with Gasteiger partial charge in [-0.2, -0.15) is 0 Å². The molecule has 0 bridgehead atoms. The van der Waals surface area contributed by atoms with E-state index in [1.807, 2.05) is 0 Å². The van der Waals surface area contributed by atoms with E-state index in [0.717, 1.165) is 57.8 Å². The number of phosphoric ester groups is 1. The van der Waals surface area contributed by atoms with Gasteiger partial charge in [0, 0.05) is 12.8 Å². The average molecular weight is 795 g/mol. The summed E-state index contributed by atoms with van der Waals surface area (Å²) in [6.45, 7) is 3.25. The Morgan fingerprint density at radius 3 is 1.41 bits per heavy atom. The largest absolute Gasteiger partial charge is 0.472 e. The van der Waals surface area contributed by atoms with Crippen LogP contribution in [0, 0.1) is 0 Å². The van der Waals surface area contributed by atoms with Gasteiger partial charge in [0.05, 0.1) is 6.61 Å². The van der Waals surface area contributed by atoms with Gasteiger partial charge in [-0.05, 0) is 38.5 Å². The minimum atomic E-state index is -5.11. The summed E-state index contributed by atoms with van der Waals surface area (Å²) < 4.78 is 33.4. The molecule has 54 heavy (non-hydrogen) atoms. The van der Waals surface area contributed by atoms with Crippen molar-refractivity contribution >= 4 is 19.8 Å². The molecule has 0 radical (unpaired) electrons. The monoisotopic (exact) mass is 794 g/mol. The average Bonchev–Trinajstić information content (AvgIpc) is 3.15. The highest BCUT2D eigenvalue weighted by Gasteiger charge is 2.51. The molecule has 0 amide bonds. The van der Waals surface area contributed by atoms with E-state index in [2.05, 4.69) is 26.0 Å². The summed E-state index contributed by atoms with van der Waals surface area (Å²) in [7, 11) is -5.11. The van der Waals surface area contributed by atoms with Crippen molar-refractivity contribution in [1.29, 1.82) is 0 Å². The molecule has 0 saturated heterocycles. The molecule has 0 aromatic heterocycles. The fourth-order valence-electron chi connectivity index (χ4n) is 6.40. The molecule has 0 heterocycles. The van der Waals surface area contributed by atoms with E-state index in [1.165, 1.54) is 77.0 Å². The van der Waals surface area contributed by atoms with Crippen molar-refractivity contribution in [1.82, 2.24) is 0 Å². The molecule has 6 N–H and O–H groups in total. The lowest BCUT2D eigenvalue weighted by molar-refractivity contribution is -0.220. The standard InChI is InChI=1S/C40H75O13P/c1-3-5-7-9-11-13-15-16-17-19-21-23-25-27-29-34(42)52-32(30-50-33(41)28-26-24-22-20-18-14-12-10-8-6-4-2)31-51-54(48,49)53-40-38(46)36(44)35(43)37(45)39(40)47/h15-16,32,35-40,43-47H,3-14,17-31H2,1-2H3,(H,48,49)/b16-15-. The Morgan fingerprint density at radius 2 is 0.944 bits per heavy atom. The van der Waals surface area contributed by atoms with Crippen LogP contribution in [-0.2, 0) is 32.7 Å². The fourth-order valence-corrected chi connectivity index (χ4v) is 7.37. The van der Waals surface area contributed by atoms with E-state index in [9.17, 15) is 44.6 Å². The Morgan fingerprint density at radius 1 is 0.556 bits per heavy atom. The highest BCUT2D eigenvalue weighted by molar-refractivity contribution is 7.47. The number of hydrogen-bond donors (Lipinski definition) is 6. The number of carbonyl (C=O) groups excluding carboxylic acids is 2. The van der Waals surface area contributed by atoms with E-state index in [1.54, 1.807) is 0 Å². The minimum absolute atomic E-state index is 0.0902. The number of carbonyl (C=O) groups is 2. The maximum Gasteiger partial charge on any atom is 0.472 e. The van der Waals surface area contributed by atoms with Crippen molar-refractivity contribution in [3.8, 4) is 0 Å². The van der Waals surface area contributed by atoms with E-state index >= 15 is 0 Å². The molecule has 14 heteroatoms. The number of allylic oxidation sites excluding steroid dienone is 2. The molecule has 6 atom stereocenters. The Kier molecular flexibility index (Phi) is 29.7. The van der Waals surface area contributed by atoms with Crippen LogP contribution in [0.15, 0.2) is 12.2 Å². The van der Waals surface area contributed by atoms with Crippen LogP contribution in [0.25, 0.3) is 0 Å². The van der Waals surface area contributed by atoms with Crippen molar-refractivity contribution in [2.45, 2.75) is 217 Å². The number of esters is 2. The fraction of sp³-hybridized carbons (Fsp3) is 0.900. The number of ether oxygens (including phenoxy) is 2. The van der Waals surface area contributed by atoms with E-state index in [-0.39, 0.29) is 12.8 Å². The first-order valence-electron chi connectivity index (χ1n) is 21.0. The van der Waals surface area contributed by atoms with Crippen LogP contribution in [0.4, 0.5) is 0 Å². The lowest BCUT2D eigenvalue weighted by Gasteiger charge is -2.41. The van der Waals surface area contributed by atoms with Crippen LogP contribution >= 0.6 is 7.82 Å². The van der Waals surface area contributed by atoms with Crippen molar-refractivity contribution in [3.05, 3.63) is 12.2 Å². The van der Waals surface area contributed by atoms with Gasteiger partial charge in [-0.1, -0.05) is 135 Å². The Balaban J connectivity index is 2.51. The smallest absolute Gasteiger partial charge is 0.462 e. The van der Waals surface area contributed by atoms with Crippen molar-refractivity contribution in [2.75, 3.05) is 13.2 Å². The Labute approximate surface area is 324 Å². The zero-order valence-corrected chi connectivity index (χ0v) is 34.2. The first-order valence-corrected chi connectivity index (χ1v) is 22.5. The maximum atomic E-state index is 12.8. The SMILES string of the molecule is CCCCCCC/C=C\CCCCCCCC(=O)OC(COC(=O)CCCCCCCCCCCCC)COP(=O)(O)OC1C(O)C(O)C(O)C(O)C1O. The third-order valence-corrected chi connectivity index (χ3v) is 10.8. The lowest BCUT2D eigenvalue weighted by atomic mass is 9.85. The van der Waals surface area contributed by atoms with Gasteiger partial charge in [0.1, 0.15) is 43.2 Å². The molecule has 1 rings (SSSR count). The van der Waals surface area contributed by atoms with Crippen LogP contribution < -0.4 is 0 Å². The summed E-state index contributed by atoms with van der Waals surface area (Å²) in [4.78, 5) is 35.5. The van der Waals surface area contributed by atoms with Gasteiger partial charge < -0.3 is 39.9 Å². The molecule has 13 nitrogen and oxygen atoms in total. The van der Waals surface area contributed by atoms with Gasteiger partial charge in [0.2, 0.25) is 0 Å². The summed E-state index contributed by atoms with van der Waals surface area (Å²) in [5.41, 5.74) is 0. The molecule has 318 valence electrons. The van der Waals surface area contributed by atoms with Crippen LogP contribution in [0.3, 0.4) is 0 Å². The quantitative estimate of drug-likeness (QED) is 0.0166. The van der Waals surface area contributed by atoms with Crippen LogP contribution in [0.1, 0.15) is 174 Å². The molecule has 1 aliphatic carbocycles. The maximum absolute atomic E-state index is 12.8. The number of unbranched alkanes of at least 4 members (excludes halogenated alkanes) is 20. The number of aliphatic hydroxyl groups excluding tert-OH is 5. The highest BCUT2D eigenvalue weighted by Crippen LogP contribution is 2.47. The summed E-state index contributed by atoms with van der Waals surface area (Å²) in [6.07, 6.45) is 17.1. The number of aliphatic hydroxyl groups is 5. The third-order valence-electron chi connectivity index (χ3n) is 9.86. The van der Waals surface area contributed by atoms with Crippen molar-refractivity contribution < 1.29 is 63.1 Å². The molecular weight excluding hydrogens is 719 g/mol. The molecule has 1 saturated carbocycles. The Hall–Kier alpha value is -1.41. The Bertz CT molecular complexity index is 1010. The van der Waals surface area contributed by atoms with Gasteiger partial charge in [-0.15, -0.1) is 0 Å². The zero-order chi connectivity index (χ0) is 40.0. The molecule has 0 aliphatic heterocycles. The van der Waals surface area contributed by atoms with Gasteiger partial charge in [0.15, 0.2) is 6.10 Å². The van der Waals surface area contributed by atoms with Gasteiger partial charge in [-0.3, -0.25) is 18.6 Å². The number of phosphoric acid groups is 1. The molecule has 1 aliphatic rings. The molecule has 0 aromatic rings. The highest BCUT2D eigenvalue weighted by atomic mass is 31.2. The zero-order valence-electron chi connectivity index (χ0n) is 33.3. The second-order valence-corrected chi connectivity index (χ2v) is 16.3. The van der Waals surface area contributed by atoms with E-state index in [0.29, 0.717) is 12.8 Å². The summed E-state index contributed by atoms with van der Waals surface area (Å²) >= 11 is 0. The molecule has 0 spiro atoms. The summed E-state index contributed by atoms with van der Waals surface area (Å²) in [6, 6.07) is 0. The molecular formula is C40H75O13P. The van der Waals surface area contributed by atoms with Crippen LogP contribution in [-0.4, -0.2) is 98.3 Å². The van der Waals surface area contributed by atoms with Crippen molar-refractivity contribution in [2.24, 2.45) is 0 Å². The third kappa shape index (κ3) is 24.3. The lowest BCUT2D eigenvalue weighted by Crippen LogP contribution is -2.64.